The predicted octanol–water partition coefficient (Wildman–Crippen LogP) is 6.29. The summed E-state index contributed by atoms with van der Waals surface area (Å²) in [7, 11) is 3.14. The van der Waals surface area contributed by atoms with Crippen LogP contribution in [0.3, 0.4) is 0 Å². The summed E-state index contributed by atoms with van der Waals surface area (Å²) in [5.41, 5.74) is 16.5. The van der Waals surface area contributed by atoms with Gasteiger partial charge in [0.05, 0.1) is 46.1 Å². The van der Waals surface area contributed by atoms with Crippen LogP contribution in [0.25, 0.3) is 22.3 Å². The molecule has 6 N–H and O–H groups in total. The van der Waals surface area contributed by atoms with Crippen molar-refractivity contribution in [3.8, 4) is 18.0 Å². The van der Waals surface area contributed by atoms with E-state index >= 15 is 0 Å². The SMILES string of the molecule is CCOC(=O)Cl.CCOC(=O)Oc1nc2c(N)nc(OCCOC)nc2n1Cc1cccc(CN(CC2CC2)C(=O)OCC)c1.COCCOc1nc(N)c2[nH]c(=O)n(Cc3cccc(CNCC4CC4)c3)c2n1.[2HH]. The second kappa shape index (κ2) is 28.2. The van der Waals surface area contributed by atoms with E-state index in [2.05, 4.69) is 52.1 Å². The fourth-order valence-corrected chi connectivity index (χ4v) is 7.41. The number of imidazole rings is 2. The number of carbonyl (C=O) groups excluding carboxylic acids is 3. The number of nitrogens with one attached hydrogen (secondary N) is 2. The maximum absolute atomic E-state index is 12.5. The van der Waals surface area contributed by atoms with Crippen molar-refractivity contribution in [1.29, 1.82) is 0 Å². The molecule has 2 saturated carbocycles. The van der Waals surface area contributed by atoms with E-state index in [0.717, 1.165) is 48.5 Å². The Morgan fingerprint density at radius 3 is 1.92 bits per heavy atom. The molecule has 0 saturated heterocycles. The van der Waals surface area contributed by atoms with Crippen LogP contribution in [0.5, 0.6) is 18.0 Å². The summed E-state index contributed by atoms with van der Waals surface area (Å²) in [6.07, 6.45) is 3.67. The van der Waals surface area contributed by atoms with Gasteiger partial charge in [0, 0.05) is 46.9 Å². The number of hydrogen-bond donors (Lipinski definition) is 4. The Hall–Kier alpha value is -7.28. The van der Waals surface area contributed by atoms with Crippen molar-refractivity contribution in [1.82, 2.24) is 49.3 Å². The molecule has 0 unspecified atom stereocenters. The quantitative estimate of drug-likeness (QED) is 0.0224. The van der Waals surface area contributed by atoms with Crippen LogP contribution in [0, 0.1) is 11.8 Å². The van der Waals surface area contributed by atoms with Gasteiger partial charge < -0.3 is 64.6 Å². The molecule has 6 aromatic rings. The van der Waals surface area contributed by atoms with Crippen LogP contribution in [0.1, 0.15) is 70.1 Å². The summed E-state index contributed by atoms with van der Waals surface area (Å²) in [6.45, 7) is 10.8. The summed E-state index contributed by atoms with van der Waals surface area (Å²) in [5, 5.41) is 3.49. The Labute approximate surface area is 433 Å². The number of nitrogens with two attached hydrogens (primary N) is 2. The topological polar surface area (TPSA) is 300 Å². The fraction of sp³-hybridized carbons (Fsp3) is 0.490. The van der Waals surface area contributed by atoms with Crippen molar-refractivity contribution in [2.24, 2.45) is 11.8 Å². The van der Waals surface area contributed by atoms with Crippen molar-refractivity contribution in [3.63, 3.8) is 0 Å². The number of aromatic amines is 1. The molecule has 25 heteroatoms. The zero-order valence-corrected chi connectivity index (χ0v) is 43.1. The van der Waals surface area contributed by atoms with Crippen molar-refractivity contribution in [3.05, 3.63) is 81.3 Å². The molecule has 0 radical (unpaired) electrons. The van der Waals surface area contributed by atoms with Crippen LogP contribution in [0.4, 0.5) is 26.0 Å². The monoisotopic (exact) mass is 1050 g/mol. The number of methoxy groups -OCH3 is 2. The number of nitrogens with zero attached hydrogens (tertiary/aromatic N) is 8. The lowest BCUT2D eigenvalue weighted by molar-refractivity contribution is 0.0993. The number of carbonyl (C=O) groups is 3. The molecule has 0 atom stereocenters. The van der Waals surface area contributed by atoms with Gasteiger partial charge in [0.1, 0.15) is 18.7 Å². The number of fused-ring (bicyclic) bond motifs is 2. The van der Waals surface area contributed by atoms with Crippen molar-refractivity contribution >= 4 is 63.2 Å². The van der Waals surface area contributed by atoms with E-state index in [4.69, 9.17) is 56.2 Å². The molecular formula is C49H67ClN12O12. The minimum atomic E-state index is -0.906. The molecule has 2 aromatic carbocycles. The maximum atomic E-state index is 12.5. The van der Waals surface area contributed by atoms with E-state index in [1.54, 1.807) is 49.0 Å². The Morgan fingerprint density at radius 2 is 1.32 bits per heavy atom. The first-order valence-electron chi connectivity index (χ1n) is 24.3. The lowest BCUT2D eigenvalue weighted by Crippen LogP contribution is -2.33. The number of halogens is 1. The second-order valence-electron chi connectivity index (χ2n) is 17.0. The normalized spacial score (nSPS) is 12.8. The third kappa shape index (κ3) is 17.2. The molecule has 24 nitrogen and oxygen atoms in total. The van der Waals surface area contributed by atoms with Crippen molar-refractivity contribution in [2.45, 2.75) is 72.6 Å². The Kier molecular flexibility index (Phi) is 21.4. The first-order chi connectivity index (χ1) is 35.8. The summed E-state index contributed by atoms with van der Waals surface area (Å²) in [6, 6.07) is 16.0. The third-order valence-electron chi connectivity index (χ3n) is 11.1. The van der Waals surface area contributed by atoms with Gasteiger partial charge in [-0.15, -0.1) is 0 Å². The van der Waals surface area contributed by atoms with E-state index < -0.39 is 11.6 Å². The Balaban J connectivity index is 0.000000255. The summed E-state index contributed by atoms with van der Waals surface area (Å²) < 4.78 is 43.9. The number of hydrogen-bond acceptors (Lipinski definition) is 20. The fourth-order valence-electron chi connectivity index (χ4n) is 7.30. The van der Waals surface area contributed by atoms with E-state index in [-0.39, 0.29) is 68.2 Å². The molecule has 2 aliphatic carbocycles. The predicted molar refractivity (Wildman–Crippen MR) is 275 cm³/mol. The largest absolute Gasteiger partial charge is 0.516 e. The maximum Gasteiger partial charge on any atom is 0.516 e. The average molecular weight is 1050 g/mol. The number of amides is 1. The first-order valence-corrected chi connectivity index (χ1v) is 24.7. The summed E-state index contributed by atoms with van der Waals surface area (Å²) in [5.74, 6) is 1.60. The van der Waals surface area contributed by atoms with E-state index in [9.17, 15) is 19.2 Å². The van der Waals surface area contributed by atoms with Gasteiger partial charge in [-0.05, 0) is 87.1 Å². The van der Waals surface area contributed by atoms with E-state index in [0.29, 0.717) is 75.4 Å². The lowest BCUT2D eigenvalue weighted by Gasteiger charge is -2.22. The van der Waals surface area contributed by atoms with Crippen molar-refractivity contribution in [2.75, 3.05) is 85.0 Å². The highest BCUT2D eigenvalue weighted by molar-refractivity contribution is 6.61. The molecule has 4 aromatic heterocycles. The molecule has 2 fully saturated rings. The van der Waals surface area contributed by atoms with Gasteiger partial charge in [0.25, 0.3) is 0 Å². The Morgan fingerprint density at radius 1 is 0.743 bits per heavy atom. The molecule has 4 heterocycles. The van der Waals surface area contributed by atoms with Crippen LogP contribution in [-0.4, -0.2) is 135 Å². The molecule has 1 amide bonds. The van der Waals surface area contributed by atoms with Crippen LogP contribution < -0.4 is 36.7 Å². The molecule has 0 bridgehead atoms. The lowest BCUT2D eigenvalue weighted by atomic mass is 10.1. The molecule has 74 heavy (non-hydrogen) atoms. The summed E-state index contributed by atoms with van der Waals surface area (Å²) >= 11 is 4.72. The Bertz CT molecular complexity index is 2860. The number of anilines is 2. The molecule has 2 aliphatic rings. The van der Waals surface area contributed by atoms with Gasteiger partial charge >= 0.3 is 41.4 Å². The number of aromatic nitrogens is 8. The van der Waals surface area contributed by atoms with Crippen LogP contribution in [-0.2, 0) is 49.9 Å². The highest BCUT2D eigenvalue weighted by Crippen LogP contribution is 2.31. The standard InChI is InChI=1S/C26H34N6O7.C20H26N6O3.C3H5ClO2.H2/c1-4-36-25(33)31(14-17-9-10-17)15-18-7-6-8-19(13-18)16-32-22-20(28-24(32)39-26(34)37-5-2)21(27)29-23(30-22)38-12-11-35-3;1-28-7-8-29-19-24-17(21)16-18(25-19)26(20(27)23-16)12-15-4-2-3-14(9-15)11-22-10-13-5-6-13;1-2-6-3(4)5;/h6-8,13,17H,4-5,9-12,14-16H2,1-3H3,(H2,27,29,30);2-4,9,13,22H,5-8,10-12H2,1H3,(H,23,27)(H2,21,24,25);2H2,1H3;1H/i;;;1+1. The van der Waals surface area contributed by atoms with Crippen molar-refractivity contribution < 1.29 is 53.7 Å². The molecule has 402 valence electrons. The van der Waals surface area contributed by atoms with E-state index in [1.807, 2.05) is 36.4 Å². The zero-order valence-electron chi connectivity index (χ0n) is 42.3. The highest BCUT2D eigenvalue weighted by atomic mass is 35.5. The average Bonchev–Trinajstić information content (AvgIpc) is 4.31. The molecule has 0 spiro atoms. The van der Waals surface area contributed by atoms with Crippen LogP contribution in [0.2, 0.25) is 0 Å². The second-order valence-corrected chi connectivity index (χ2v) is 17.3. The molecule has 8 rings (SSSR count). The van der Waals surface area contributed by atoms with E-state index in [1.165, 1.54) is 18.4 Å². The van der Waals surface area contributed by atoms with Crippen LogP contribution in [0.15, 0.2) is 53.3 Å². The van der Waals surface area contributed by atoms with Gasteiger partial charge in [-0.25, -0.2) is 19.2 Å². The van der Waals surface area contributed by atoms with Crippen LogP contribution >= 0.6 is 11.6 Å². The van der Waals surface area contributed by atoms with Gasteiger partial charge in [-0.3, -0.25) is 9.13 Å². The first kappa shape index (κ1) is 56.0. The molecular weight excluding hydrogens is 984 g/mol. The summed E-state index contributed by atoms with van der Waals surface area (Å²) in [4.78, 5) is 72.7. The number of H-pyrrole nitrogens is 1. The third-order valence-corrected chi connectivity index (χ3v) is 11.2. The van der Waals surface area contributed by atoms with Gasteiger partial charge in [0.2, 0.25) is 0 Å². The molecule has 0 aliphatic heterocycles. The minimum Gasteiger partial charge on any atom is -0.461 e. The number of benzene rings is 2. The van der Waals surface area contributed by atoms with Gasteiger partial charge in [-0.2, -0.15) is 24.9 Å². The number of rotatable bonds is 24. The zero-order chi connectivity index (χ0) is 53.0. The van der Waals surface area contributed by atoms with Gasteiger partial charge in [-0.1, -0.05) is 48.5 Å². The number of nitrogen functional groups attached to an aromatic ring is 2. The van der Waals surface area contributed by atoms with Gasteiger partial charge in [0.15, 0.2) is 28.4 Å². The minimum absolute atomic E-state index is 0. The smallest absolute Gasteiger partial charge is 0.461 e. The highest BCUT2D eigenvalue weighted by Gasteiger charge is 2.28. The number of ether oxygens (including phenoxy) is 8.